The molecule has 5 heteroatoms. The van der Waals surface area contributed by atoms with Crippen LogP contribution in [0.5, 0.6) is 0 Å². The predicted molar refractivity (Wildman–Crippen MR) is 74.2 cm³/mol. The molecule has 0 aromatic heterocycles. The summed E-state index contributed by atoms with van der Waals surface area (Å²) in [6.45, 7) is 1.97. The summed E-state index contributed by atoms with van der Waals surface area (Å²) in [7, 11) is 0. The Morgan fingerprint density at radius 3 is 2.63 bits per heavy atom. The number of hydrogen-bond acceptors (Lipinski definition) is 4. The van der Waals surface area contributed by atoms with Gasteiger partial charge in [-0.15, -0.1) is 0 Å². The lowest BCUT2D eigenvalue weighted by Gasteiger charge is -2.11. The van der Waals surface area contributed by atoms with Gasteiger partial charge in [-0.05, 0) is 18.1 Å². The maximum absolute atomic E-state index is 12.0. The van der Waals surface area contributed by atoms with E-state index in [1.807, 2.05) is 6.07 Å². The molecule has 0 radical (unpaired) electrons. The zero-order valence-corrected chi connectivity index (χ0v) is 12.2. The Kier molecular flexibility index (Phi) is 6.23. The number of benzene rings is 1. The number of halogens is 1. The molecule has 0 amide bonds. The van der Waals surface area contributed by atoms with E-state index in [0.29, 0.717) is 16.7 Å². The van der Waals surface area contributed by atoms with Gasteiger partial charge < -0.3 is 4.74 Å². The molecule has 0 spiro atoms. The van der Waals surface area contributed by atoms with Crippen molar-refractivity contribution >= 4 is 27.7 Å². The van der Waals surface area contributed by atoms with E-state index in [1.54, 1.807) is 25.1 Å². The monoisotopic (exact) mass is 323 g/mol. The molecular weight excluding hydrogens is 310 g/mol. The van der Waals surface area contributed by atoms with Gasteiger partial charge in [0, 0.05) is 6.42 Å². The lowest BCUT2D eigenvalue weighted by molar-refractivity contribution is -0.115. The largest absolute Gasteiger partial charge is 0.462 e. The number of nitrogens with zero attached hydrogens (tertiary/aromatic N) is 1. The first kappa shape index (κ1) is 15.4. The number of rotatable bonds is 6. The molecule has 1 rings (SSSR count). The maximum atomic E-state index is 12.0. The molecule has 4 nitrogen and oxygen atoms in total. The van der Waals surface area contributed by atoms with Crippen LogP contribution in [0.1, 0.15) is 28.4 Å². The number of nitriles is 1. The zero-order chi connectivity index (χ0) is 14.3. The van der Waals surface area contributed by atoms with Gasteiger partial charge in [0.05, 0.1) is 30.0 Å². The molecule has 100 valence electrons. The van der Waals surface area contributed by atoms with Crippen LogP contribution in [0, 0.1) is 11.3 Å². The number of carbonyl (C=O) groups excluding carboxylic acids is 2. The molecular formula is C14H14BrNO3. The van der Waals surface area contributed by atoms with Crippen LogP contribution in [0.15, 0.2) is 18.2 Å². The Labute approximate surface area is 120 Å². The highest BCUT2D eigenvalue weighted by Crippen LogP contribution is 2.18. The average molecular weight is 324 g/mol. The molecule has 0 bridgehead atoms. The molecule has 0 aliphatic heterocycles. The van der Waals surface area contributed by atoms with Gasteiger partial charge in [0.25, 0.3) is 0 Å². The average Bonchev–Trinajstić information content (AvgIpc) is 2.39. The van der Waals surface area contributed by atoms with E-state index in [4.69, 9.17) is 10.00 Å². The van der Waals surface area contributed by atoms with Crippen molar-refractivity contribution in [2.45, 2.75) is 19.8 Å². The van der Waals surface area contributed by atoms with E-state index >= 15 is 0 Å². The molecule has 1 aromatic carbocycles. The number of esters is 1. The molecule has 0 atom stereocenters. The van der Waals surface area contributed by atoms with Crippen LogP contribution >= 0.6 is 15.9 Å². The number of Topliss-reactive ketones (excluding diaryl/α,β-unsaturated/α-hetero) is 1. The van der Waals surface area contributed by atoms with Crippen LogP contribution in [-0.4, -0.2) is 23.7 Å². The normalized spacial score (nSPS) is 9.74. The molecule has 0 N–H and O–H groups in total. The first-order valence-corrected chi connectivity index (χ1v) is 6.98. The minimum atomic E-state index is -0.481. The zero-order valence-electron chi connectivity index (χ0n) is 10.6. The quantitative estimate of drug-likeness (QED) is 0.595. The topological polar surface area (TPSA) is 67.2 Å². The third-order valence-electron chi connectivity index (χ3n) is 2.52. The summed E-state index contributed by atoms with van der Waals surface area (Å²) < 4.78 is 5.00. The van der Waals surface area contributed by atoms with Crippen molar-refractivity contribution in [1.29, 1.82) is 5.26 Å². The van der Waals surface area contributed by atoms with E-state index in [0.717, 1.165) is 0 Å². The molecule has 0 heterocycles. The van der Waals surface area contributed by atoms with Crippen molar-refractivity contribution in [3.63, 3.8) is 0 Å². The van der Waals surface area contributed by atoms with Crippen LogP contribution in [0.2, 0.25) is 0 Å². The maximum Gasteiger partial charge on any atom is 0.338 e. The standard InChI is InChI=1S/C14H14BrNO3/c1-2-19-14(18)13-10(6-7-16)4-3-5-11(13)8-12(17)9-15/h3-5H,2,6,8-9H2,1H3. The highest BCUT2D eigenvalue weighted by molar-refractivity contribution is 9.09. The fraction of sp³-hybridized carbons (Fsp3) is 0.357. The third-order valence-corrected chi connectivity index (χ3v) is 3.15. The Balaban J connectivity index is 3.21. The van der Waals surface area contributed by atoms with E-state index in [9.17, 15) is 9.59 Å². The lowest BCUT2D eigenvalue weighted by atomic mass is 9.96. The van der Waals surface area contributed by atoms with Gasteiger partial charge in [-0.3, -0.25) is 4.79 Å². The fourth-order valence-corrected chi connectivity index (χ4v) is 1.96. The summed E-state index contributed by atoms with van der Waals surface area (Å²) in [5, 5.41) is 9.03. The van der Waals surface area contributed by atoms with Crippen LogP contribution in [0.25, 0.3) is 0 Å². The van der Waals surface area contributed by atoms with Gasteiger partial charge >= 0.3 is 5.97 Å². The molecule has 0 fully saturated rings. The molecule has 0 unspecified atom stereocenters. The van der Waals surface area contributed by atoms with Crippen molar-refractivity contribution in [3.8, 4) is 6.07 Å². The number of alkyl halides is 1. The van der Waals surface area contributed by atoms with Crippen molar-refractivity contribution < 1.29 is 14.3 Å². The second-order valence-electron chi connectivity index (χ2n) is 3.86. The SMILES string of the molecule is CCOC(=O)c1c(CC#N)cccc1CC(=O)CBr. The first-order chi connectivity index (χ1) is 9.13. The minimum Gasteiger partial charge on any atom is -0.462 e. The van der Waals surface area contributed by atoms with Crippen LogP contribution in [-0.2, 0) is 22.4 Å². The molecule has 0 saturated carbocycles. The van der Waals surface area contributed by atoms with Gasteiger partial charge in [-0.2, -0.15) is 5.26 Å². The lowest BCUT2D eigenvalue weighted by Crippen LogP contribution is -2.14. The highest BCUT2D eigenvalue weighted by Gasteiger charge is 2.18. The second kappa shape index (κ2) is 7.70. The summed E-state index contributed by atoms with van der Waals surface area (Å²) >= 11 is 3.10. The number of ketones is 1. The van der Waals surface area contributed by atoms with Gasteiger partial charge in [0.15, 0.2) is 0 Å². The Morgan fingerprint density at radius 1 is 1.37 bits per heavy atom. The van der Waals surface area contributed by atoms with Gasteiger partial charge in [0.1, 0.15) is 5.78 Å². The summed E-state index contributed by atoms with van der Waals surface area (Å²) in [5.74, 6) is -0.509. The van der Waals surface area contributed by atoms with Crippen molar-refractivity contribution in [2.24, 2.45) is 0 Å². The minimum absolute atomic E-state index is 0.0281. The number of ether oxygens (including phenoxy) is 1. The van der Waals surface area contributed by atoms with Crippen molar-refractivity contribution in [2.75, 3.05) is 11.9 Å². The molecule has 0 saturated heterocycles. The number of hydrogen-bond donors (Lipinski definition) is 0. The third kappa shape index (κ3) is 4.18. The van der Waals surface area contributed by atoms with Crippen LogP contribution < -0.4 is 0 Å². The van der Waals surface area contributed by atoms with Crippen LogP contribution in [0.3, 0.4) is 0 Å². The van der Waals surface area contributed by atoms with Crippen molar-refractivity contribution in [1.82, 2.24) is 0 Å². The van der Waals surface area contributed by atoms with Crippen LogP contribution in [0.4, 0.5) is 0 Å². The van der Waals surface area contributed by atoms with Gasteiger partial charge in [0.2, 0.25) is 0 Å². The van der Waals surface area contributed by atoms with Gasteiger partial charge in [-0.25, -0.2) is 4.79 Å². The highest BCUT2D eigenvalue weighted by atomic mass is 79.9. The molecule has 0 aliphatic rings. The molecule has 1 aromatic rings. The summed E-state index contributed by atoms with van der Waals surface area (Å²) in [4.78, 5) is 23.5. The first-order valence-electron chi connectivity index (χ1n) is 5.86. The van der Waals surface area contributed by atoms with E-state index in [2.05, 4.69) is 15.9 Å². The number of carbonyl (C=O) groups is 2. The summed E-state index contributed by atoms with van der Waals surface area (Å²) in [5.41, 5.74) is 1.55. The summed E-state index contributed by atoms with van der Waals surface area (Å²) in [6.07, 6.45) is 0.267. The fourth-order valence-electron chi connectivity index (χ4n) is 1.76. The van der Waals surface area contributed by atoms with E-state index in [-0.39, 0.29) is 30.6 Å². The Hall–Kier alpha value is -1.67. The van der Waals surface area contributed by atoms with E-state index in [1.165, 1.54) is 0 Å². The smallest absolute Gasteiger partial charge is 0.338 e. The second-order valence-corrected chi connectivity index (χ2v) is 4.42. The molecule has 19 heavy (non-hydrogen) atoms. The summed E-state index contributed by atoms with van der Waals surface area (Å²) in [6, 6.07) is 7.18. The Morgan fingerprint density at radius 2 is 2.05 bits per heavy atom. The van der Waals surface area contributed by atoms with E-state index < -0.39 is 5.97 Å². The van der Waals surface area contributed by atoms with Gasteiger partial charge in [-0.1, -0.05) is 34.1 Å². The molecule has 0 aliphatic carbocycles. The predicted octanol–water partition coefficient (Wildman–Crippen LogP) is 2.44. The Bertz CT molecular complexity index is 520. The van der Waals surface area contributed by atoms with Crippen molar-refractivity contribution in [3.05, 3.63) is 34.9 Å².